The van der Waals surface area contributed by atoms with Crippen LogP contribution >= 0.6 is 0 Å². The fourth-order valence-corrected chi connectivity index (χ4v) is 0.504. The van der Waals surface area contributed by atoms with Crippen LogP contribution in [0.25, 0.3) is 0 Å². The molecule has 0 rings (SSSR count). The van der Waals surface area contributed by atoms with Gasteiger partial charge >= 0.3 is 6.18 Å². The van der Waals surface area contributed by atoms with Crippen LogP contribution in [0.5, 0.6) is 0 Å². The molecular weight excluding hydrogens is 143 g/mol. The lowest BCUT2D eigenvalue weighted by molar-refractivity contribution is -0.0939. The van der Waals surface area contributed by atoms with Crippen LogP contribution in [0.15, 0.2) is 12.2 Å². The van der Waals surface area contributed by atoms with E-state index in [0.29, 0.717) is 0 Å². The molecule has 0 aromatic carbocycles. The monoisotopic (exact) mass is 153 g/mol. The number of rotatable bonds is 2. The third-order valence-corrected chi connectivity index (χ3v) is 0.969. The van der Waals surface area contributed by atoms with Crippen molar-refractivity contribution in [3.8, 4) is 0 Å². The minimum Gasteiger partial charge on any atom is -0.328 e. The van der Waals surface area contributed by atoms with Gasteiger partial charge in [0, 0.05) is 11.6 Å². The Morgan fingerprint density at radius 1 is 1.60 bits per heavy atom. The van der Waals surface area contributed by atoms with E-state index in [1.807, 2.05) is 0 Å². The Balaban J connectivity index is 3.87. The molecule has 0 heterocycles. The molecule has 0 aromatic rings. The zero-order valence-electron chi connectivity index (χ0n) is 5.70. The molecule has 1 atom stereocenters. The molecule has 1 unspecified atom stereocenters. The van der Waals surface area contributed by atoms with E-state index in [0.717, 1.165) is 0 Å². The van der Waals surface area contributed by atoms with Crippen molar-refractivity contribution in [1.82, 2.24) is 0 Å². The molecule has 0 aliphatic rings. The molecule has 0 aliphatic carbocycles. The van der Waals surface area contributed by atoms with E-state index < -0.39 is 17.8 Å². The number of hydrogen-bond donors (Lipinski definition) is 1. The zero-order chi connectivity index (χ0) is 8.36. The molecular formula is C6H10F3N. The van der Waals surface area contributed by atoms with Crippen molar-refractivity contribution in [1.29, 1.82) is 0 Å². The first kappa shape index (κ1) is 9.49. The number of halogens is 3. The van der Waals surface area contributed by atoms with Crippen LogP contribution in [0.1, 0.15) is 13.3 Å². The van der Waals surface area contributed by atoms with Crippen LogP contribution in [0, 0.1) is 0 Å². The van der Waals surface area contributed by atoms with Gasteiger partial charge in [-0.25, -0.2) is 0 Å². The predicted molar refractivity (Wildman–Crippen MR) is 33.5 cm³/mol. The van der Waals surface area contributed by atoms with Gasteiger partial charge in [-0.2, -0.15) is 13.2 Å². The fraction of sp³-hybridized carbons (Fsp3) is 0.667. The molecule has 0 saturated carbocycles. The van der Waals surface area contributed by atoms with Gasteiger partial charge in [-0.05, 0) is 13.3 Å². The molecule has 10 heavy (non-hydrogen) atoms. The van der Waals surface area contributed by atoms with Crippen LogP contribution in [-0.4, -0.2) is 12.2 Å². The van der Waals surface area contributed by atoms with E-state index in [4.69, 9.17) is 5.73 Å². The highest BCUT2D eigenvalue weighted by atomic mass is 19.4. The fourth-order valence-electron chi connectivity index (χ4n) is 0.504. The summed E-state index contributed by atoms with van der Waals surface area (Å²) in [7, 11) is 0. The van der Waals surface area contributed by atoms with E-state index in [-0.39, 0.29) is 6.42 Å². The Bertz CT molecular complexity index is 125. The molecule has 0 saturated heterocycles. The average molecular weight is 153 g/mol. The second kappa shape index (κ2) is 3.05. The summed E-state index contributed by atoms with van der Waals surface area (Å²) >= 11 is 0. The number of alkyl halides is 3. The highest BCUT2D eigenvalue weighted by molar-refractivity contribution is 5.03. The molecule has 0 aliphatic heterocycles. The number of hydrogen-bond acceptors (Lipinski definition) is 1. The van der Waals surface area contributed by atoms with Gasteiger partial charge in [-0.1, -0.05) is 6.58 Å². The summed E-state index contributed by atoms with van der Waals surface area (Å²) in [6, 6.07) is -0.478. The summed E-state index contributed by atoms with van der Waals surface area (Å²) in [5.74, 6) is 0. The minimum atomic E-state index is -4.28. The van der Waals surface area contributed by atoms with Crippen LogP contribution in [-0.2, 0) is 0 Å². The topological polar surface area (TPSA) is 26.0 Å². The lowest BCUT2D eigenvalue weighted by Crippen LogP contribution is -2.21. The van der Waals surface area contributed by atoms with Gasteiger partial charge in [-0.3, -0.25) is 0 Å². The van der Waals surface area contributed by atoms with Crippen LogP contribution in [0.2, 0.25) is 0 Å². The Morgan fingerprint density at radius 2 is 2.00 bits per heavy atom. The van der Waals surface area contributed by atoms with Crippen molar-refractivity contribution < 1.29 is 13.2 Å². The largest absolute Gasteiger partial charge is 0.412 e. The first-order chi connectivity index (χ1) is 4.34. The van der Waals surface area contributed by atoms with E-state index in [1.54, 1.807) is 0 Å². The summed E-state index contributed by atoms with van der Waals surface area (Å²) in [4.78, 5) is 0. The van der Waals surface area contributed by atoms with E-state index >= 15 is 0 Å². The summed E-state index contributed by atoms with van der Waals surface area (Å²) < 4.78 is 35.0. The molecule has 0 amide bonds. The van der Waals surface area contributed by atoms with Crippen molar-refractivity contribution in [2.75, 3.05) is 0 Å². The second-order valence-corrected chi connectivity index (χ2v) is 2.28. The van der Waals surface area contributed by atoms with Crippen molar-refractivity contribution in [3.63, 3.8) is 0 Å². The van der Waals surface area contributed by atoms with Crippen LogP contribution < -0.4 is 5.73 Å². The summed E-state index contributed by atoms with van der Waals surface area (Å²) in [5, 5.41) is 0. The normalized spacial score (nSPS) is 14.9. The molecule has 2 N–H and O–H groups in total. The maximum Gasteiger partial charge on any atom is 0.412 e. The highest BCUT2D eigenvalue weighted by Gasteiger charge is 2.31. The smallest absolute Gasteiger partial charge is 0.328 e. The molecule has 0 bridgehead atoms. The Morgan fingerprint density at radius 3 is 2.10 bits per heavy atom. The Hall–Kier alpha value is -0.510. The molecule has 0 aromatic heterocycles. The maximum absolute atomic E-state index is 11.7. The zero-order valence-corrected chi connectivity index (χ0v) is 5.70. The highest BCUT2D eigenvalue weighted by Crippen LogP contribution is 2.26. The van der Waals surface area contributed by atoms with E-state index in [9.17, 15) is 13.2 Å². The third-order valence-electron chi connectivity index (χ3n) is 0.969. The van der Waals surface area contributed by atoms with Crippen molar-refractivity contribution in [2.45, 2.75) is 25.6 Å². The van der Waals surface area contributed by atoms with E-state index in [2.05, 4.69) is 6.58 Å². The first-order valence-electron chi connectivity index (χ1n) is 2.84. The number of nitrogens with two attached hydrogens (primary N) is 1. The minimum absolute atomic E-state index is 0.191. The SMILES string of the molecule is C=C(CC(C)N)C(F)(F)F. The second-order valence-electron chi connectivity index (χ2n) is 2.28. The Kier molecular flexibility index (Phi) is 2.90. The van der Waals surface area contributed by atoms with Gasteiger partial charge < -0.3 is 5.73 Å². The summed E-state index contributed by atoms with van der Waals surface area (Å²) in [6.07, 6.45) is -4.48. The maximum atomic E-state index is 11.7. The summed E-state index contributed by atoms with van der Waals surface area (Å²) in [5.41, 5.74) is 4.37. The summed E-state index contributed by atoms with van der Waals surface area (Å²) in [6.45, 7) is 4.37. The molecule has 4 heteroatoms. The molecule has 0 fully saturated rings. The molecule has 1 nitrogen and oxygen atoms in total. The third kappa shape index (κ3) is 3.50. The van der Waals surface area contributed by atoms with Gasteiger partial charge in [0.25, 0.3) is 0 Å². The molecule has 0 spiro atoms. The van der Waals surface area contributed by atoms with Gasteiger partial charge in [-0.15, -0.1) is 0 Å². The van der Waals surface area contributed by atoms with E-state index in [1.165, 1.54) is 6.92 Å². The van der Waals surface area contributed by atoms with Gasteiger partial charge in [0.2, 0.25) is 0 Å². The van der Waals surface area contributed by atoms with Crippen molar-refractivity contribution in [2.24, 2.45) is 5.73 Å². The first-order valence-corrected chi connectivity index (χ1v) is 2.84. The quantitative estimate of drug-likeness (QED) is 0.602. The van der Waals surface area contributed by atoms with Crippen molar-refractivity contribution in [3.05, 3.63) is 12.2 Å². The molecule has 60 valence electrons. The van der Waals surface area contributed by atoms with Gasteiger partial charge in [0.1, 0.15) is 0 Å². The average Bonchev–Trinajstić information content (AvgIpc) is 1.60. The molecule has 0 radical (unpaired) electrons. The van der Waals surface area contributed by atoms with Crippen LogP contribution in [0.3, 0.4) is 0 Å². The van der Waals surface area contributed by atoms with Crippen molar-refractivity contribution >= 4 is 0 Å². The van der Waals surface area contributed by atoms with Gasteiger partial charge in [0.15, 0.2) is 0 Å². The predicted octanol–water partition coefficient (Wildman–Crippen LogP) is 1.84. The Labute approximate surface area is 57.7 Å². The van der Waals surface area contributed by atoms with Gasteiger partial charge in [0.05, 0.1) is 0 Å². The standard InChI is InChI=1S/C6H10F3N/c1-4(3-5(2)10)6(7,8)9/h5H,1,3,10H2,2H3. The lowest BCUT2D eigenvalue weighted by Gasteiger charge is -2.11. The van der Waals surface area contributed by atoms with Crippen LogP contribution in [0.4, 0.5) is 13.2 Å². The lowest BCUT2D eigenvalue weighted by atomic mass is 10.1.